The topological polar surface area (TPSA) is 80.8 Å². The second-order valence-electron chi connectivity index (χ2n) is 8.53. The molecule has 0 bridgehead atoms. The number of anilines is 2. The molecular formula is C27H30ClN3O4. The van der Waals surface area contributed by atoms with E-state index in [0.29, 0.717) is 22.8 Å². The Balaban J connectivity index is 1.57. The van der Waals surface area contributed by atoms with Gasteiger partial charge in [-0.1, -0.05) is 37.1 Å². The first-order valence-electron chi connectivity index (χ1n) is 12.0. The number of para-hydroxylation sites is 1. The summed E-state index contributed by atoms with van der Waals surface area (Å²) < 4.78 is 10.8. The number of halogens is 1. The molecule has 0 saturated carbocycles. The third kappa shape index (κ3) is 6.29. The summed E-state index contributed by atoms with van der Waals surface area (Å²) in [5.41, 5.74) is 2.79. The average Bonchev–Trinajstić information content (AvgIpc) is 2.88. The van der Waals surface area contributed by atoms with E-state index in [1.54, 1.807) is 18.3 Å². The molecule has 0 spiro atoms. The van der Waals surface area contributed by atoms with Crippen molar-refractivity contribution in [1.29, 1.82) is 0 Å². The highest BCUT2D eigenvalue weighted by atomic mass is 35.5. The van der Waals surface area contributed by atoms with Crippen LogP contribution in [0, 0.1) is 0 Å². The van der Waals surface area contributed by atoms with Crippen molar-refractivity contribution in [2.45, 2.75) is 38.7 Å². The second-order valence-corrected chi connectivity index (χ2v) is 8.97. The number of fused-ring (bicyclic) bond motifs is 1. The molecule has 0 radical (unpaired) electrons. The number of unbranched alkanes of at least 4 members (excludes halogenated alkanes) is 1. The highest BCUT2D eigenvalue weighted by Gasteiger charge is 2.22. The van der Waals surface area contributed by atoms with Crippen LogP contribution in [0.1, 0.15) is 43.0 Å². The molecule has 0 amide bonds. The van der Waals surface area contributed by atoms with E-state index < -0.39 is 18.5 Å². The van der Waals surface area contributed by atoms with Gasteiger partial charge in [-0.15, -0.1) is 0 Å². The zero-order valence-corrected chi connectivity index (χ0v) is 20.6. The summed E-state index contributed by atoms with van der Waals surface area (Å²) in [7, 11) is 0. The minimum absolute atomic E-state index is 0.132. The summed E-state index contributed by atoms with van der Waals surface area (Å²) >= 11 is 6.18. The molecule has 4 rings (SSSR count). The highest BCUT2D eigenvalue weighted by Crippen LogP contribution is 2.35. The molecule has 3 aromatic rings. The molecule has 1 N–H and O–H groups in total. The molecule has 35 heavy (non-hydrogen) atoms. The van der Waals surface area contributed by atoms with Crippen LogP contribution in [0.2, 0.25) is 5.02 Å². The zero-order valence-electron chi connectivity index (χ0n) is 19.8. The molecule has 8 heteroatoms. The molecule has 1 saturated heterocycles. The number of ether oxygens (including phenoxy) is 2. The monoisotopic (exact) mass is 495 g/mol. The third-order valence-electron chi connectivity index (χ3n) is 6.03. The van der Waals surface area contributed by atoms with Crippen LogP contribution >= 0.6 is 11.6 Å². The standard InChI is InChI=1S/C27H30ClN3O4/c1-2-3-16-31(25-12-15-30-23-17-19(28)8-9-21(23)25)24-7-5-4-6-22(24)27(33)34-18-26(32)35-20-10-13-29-14-11-20/h4-9,12,15,17,20,29H,2-3,10-11,13-14,16,18H2,1H3. The van der Waals surface area contributed by atoms with Gasteiger partial charge in [-0.25, -0.2) is 9.59 Å². The van der Waals surface area contributed by atoms with E-state index in [9.17, 15) is 9.59 Å². The van der Waals surface area contributed by atoms with Crippen LogP contribution in [-0.2, 0) is 14.3 Å². The fourth-order valence-electron chi connectivity index (χ4n) is 4.25. The number of esters is 2. The van der Waals surface area contributed by atoms with Gasteiger partial charge in [-0.3, -0.25) is 4.98 Å². The molecule has 1 fully saturated rings. The number of hydrogen-bond acceptors (Lipinski definition) is 7. The van der Waals surface area contributed by atoms with Gasteiger partial charge in [0.1, 0.15) is 6.10 Å². The maximum atomic E-state index is 13.1. The van der Waals surface area contributed by atoms with Crippen molar-refractivity contribution in [3.63, 3.8) is 0 Å². The van der Waals surface area contributed by atoms with E-state index in [-0.39, 0.29) is 6.10 Å². The summed E-state index contributed by atoms with van der Waals surface area (Å²) in [6.45, 7) is 4.03. The van der Waals surface area contributed by atoms with Crippen molar-refractivity contribution in [3.8, 4) is 0 Å². The van der Waals surface area contributed by atoms with Crippen molar-refractivity contribution in [2.24, 2.45) is 0 Å². The van der Waals surface area contributed by atoms with E-state index in [1.165, 1.54) is 0 Å². The van der Waals surface area contributed by atoms with Gasteiger partial charge in [0, 0.05) is 23.2 Å². The lowest BCUT2D eigenvalue weighted by molar-refractivity contribution is -0.153. The molecule has 184 valence electrons. The number of carbonyl (C=O) groups is 2. The minimum atomic E-state index is -0.564. The Morgan fingerprint density at radius 1 is 1.11 bits per heavy atom. The van der Waals surface area contributed by atoms with Crippen LogP contribution in [-0.4, -0.2) is 49.3 Å². The SMILES string of the molecule is CCCCN(c1ccccc1C(=O)OCC(=O)OC1CCNCC1)c1ccnc2cc(Cl)ccc12. The number of hydrogen-bond donors (Lipinski definition) is 1. The number of aromatic nitrogens is 1. The summed E-state index contributed by atoms with van der Waals surface area (Å²) in [5.74, 6) is -1.09. The fraction of sp³-hybridized carbons (Fsp3) is 0.370. The van der Waals surface area contributed by atoms with Crippen molar-refractivity contribution >= 4 is 45.8 Å². The second kappa shape index (κ2) is 12.0. The summed E-state index contributed by atoms with van der Waals surface area (Å²) in [6, 6.07) is 14.8. The molecule has 0 aliphatic carbocycles. The van der Waals surface area contributed by atoms with E-state index >= 15 is 0 Å². The first-order chi connectivity index (χ1) is 17.1. The van der Waals surface area contributed by atoms with E-state index in [0.717, 1.165) is 55.4 Å². The van der Waals surface area contributed by atoms with Crippen LogP contribution in [0.4, 0.5) is 11.4 Å². The quantitative estimate of drug-likeness (QED) is 0.404. The highest BCUT2D eigenvalue weighted by molar-refractivity contribution is 6.31. The fourth-order valence-corrected chi connectivity index (χ4v) is 4.41. The Morgan fingerprint density at radius 2 is 1.91 bits per heavy atom. The number of piperidine rings is 1. The molecule has 2 aromatic carbocycles. The number of carbonyl (C=O) groups excluding carboxylic acids is 2. The first kappa shape index (κ1) is 24.9. The zero-order chi connectivity index (χ0) is 24.6. The van der Waals surface area contributed by atoms with Crippen molar-refractivity contribution in [2.75, 3.05) is 31.1 Å². The predicted molar refractivity (Wildman–Crippen MR) is 137 cm³/mol. The average molecular weight is 496 g/mol. The lowest BCUT2D eigenvalue weighted by Crippen LogP contribution is -2.34. The van der Waals surface area contributed by atoms with Crippen LogP contribution in [0.15, 0.2) is 54.7 Å². The van der Waals surface area contributed by atoms with Gasteiger partial charge in [0.25, 0.3) is 0 Å². The smallest absolute Gasteiger partial charge is 0.344 e. The summed E-state index contributed by atoms with van der Waals surface area (Å²) in [6.07, 6.45) is 5.04. The van der Waals surface area contributed by atoms with Gasteiger partial charge in [-0.05, 0) is 68.8 Å². The Labute approximate surface area is 210 Å². The first-order valence-corrected chi connectivity index (χ1v) is 12.4. The molecule has 1 aromatic heterocycles. The Bertz CT molecular complexity index is 1180. The third-order valence-corrected chi connectivity index (χ3v) is 6.26. The maximum Gasteiger partial charge on any atom is 0.344 e. The lowest BCUT2D eigenvalue weighted by Gasteiger charge is -2.28. The molecule has 2 heterocycles. The van der Waals surface area contributed by atoms with Gasteiger partial charge in [0.05, 0.1) is 22.5 Å². The van der Waals surface area contributed by atoms with Gasteiger partial charge in [0.2, 0.25) is 0 Å². The summed E-state index contributed by atoms with van der Waals surface area (Å²) in [5, 5.41) is 4.77. The minimum Gasteiger partial charge on any atom is -0.460 e. The maximum absolute atomic E-state index is 13.1. The number of pyridine rings is 1. The van der Waals surface area contributed by atoms with Gasteiger partial charge >= 0.3 is 11.9 Å². The Hall–Kier alpha value is -3.16. The number of rotatable bonds is 9. The van der Waals surface area contributed by atoms with Crippen LogP contribution in [0.25, 0.3) is 10.9 Å². The van der Waals surface area contributed by atoms with Gasteiger partial charge in [0.15, 0.2) is 6.61 Å². The molecule has 7 nitrogen and oxygen atoms in total. The normalized spacial score (nSPS) is 14.0. The van der Waals surface area contributed by atoms with Crippen molar-refractivity contribution < 1.29 is 19.1 Å². The Morgan fingerprint density at radius 3 is 2.71 bits per heavy atom. The molecule has 0 atom stereocenters. The molecule has 1 aliphatic rings. The van der Waals surface area contributed by atoms with E-state index in [4.69, 9.17) is 21.1 Å². The number of benzene rings is 2. The van der Waals surface area contributed by atoms with Crippen LogP contribution in [0.5, 0.6) is 0 Å². The van der Waals surface area contributed by atoms with Crippen molar-refractivity contribution in [1.82, 2.24) is 10.3 Å². The van der Waals surface area contributed by atoms with Gasteiger partial charge < -0.3 is 19.7 Å². The summed E-state index contributed by atoms with van der Waals surface area (Å²) in [4.78, 5) is 31.9. The lowest BCUT2D eigenvalue weighted by atomic mass is 10.1. The molecule has 0 unspecified atom stereocenters. The van der Waals surface area contributed by atoms with E-state index in [2.05, 4.69) is 22.1 Å². The van der Waals surface area contributed by atoms with Crippen molar-refractivity contribution in [3.05, 3.63) is 65.3 Å². The van der Waals surface area contributed by atoms with Gasteiger partial charge in [-0.2, -0.15) is 0 Å². The Kier molecular flexibility index (Phi) is 8.55. The van der Waals surface area contributed by atoms with Crippen LogP contribution < -0.4 is 10.2 Å². The molecule has 1 aliphatic heterocycles. The number of nitrogens with zero attached hydrogens (tertiary/aromatic N) is 2. The number of nitrogens with one attached hydrogen (secondary N) is 1. The van der Waals surface area contributed by atoms with E-state index in [1.807, 2.05) is 36.4 Å². The largest absolute Gasteiger partial charge is 0.460 e. The van der Waals surface area contributed by atoms with Crippen LogP contribution in [0.3, 0.4) is 0 Å². The molecular weight excluding hydrogens is 466 g/mol. The predicted octanol–water partition coefficient (Wildman–Crippen LogP) is 5.28.